The molecule has 1 unspecified atom stereocenters. The van der Waals surface area contributed by atoms with Gasteiger partial charge >= 0.3 is 6.09 Å². The van der Waals surface area contributed by atoms with E-state index in [1.807, 2.05) is 0 Å². The van der Waals surface area contributed by atoms with Crippen molar-refractivity contribution < 1.29 is 13.9 Å². The second-order valence-corrected chi connectivity index (χ2v) is 5.19. The molecule has 0 radical (unpaired) electrons. The van der Waals surface area contributed by atoms with Crippen molar-refractivity contribution in [2.24, 2.45) is 5.73 Å². The van der Waals surface area contributed by atoms with Crippen LogP contribution in [0.5, 0.6) is 0 Å². The number of ether oxygens (including phenoxy) is 1. The van der Waals surface area contributed by atoms with Crippen LogP contribution in [0.25, 0.3) is 0 Å². The maximum Gasteiger partial charge on any atom is 0.411 e. The third-order valence-corrected chi connectivity index (χ3v) is 3.94. The molecule has 1 aromatic carbocycles. The van der Waals surface area contributed by atoms with Crippen LogP contribution in [0, 0.1) is 17.1 Å². The van der Waals surface area contributed by atoms with Gasteiger partial charge in [0.2, 0.25) is 0 Å². The van der Waals surface area contributed by atoms with E-state index in [1.54, 1.807) is 12.1 Å². The number of carbonyl (C=O) groups excluding carboxylic acids is 1. The Morgan fingerprint density at radius 2 is 2.25 bits per heavy atom. The van der Waals surface area contributed by atoms with E-state index in [2.05, 4.69) is 6.07 Å². The smallest absolute Gasteiger partial charge is 0.411 e. The zero-order valence-corrected chi connectivity index (χ0v) is 10.8. The average molecular weight is 275 g/mol. The molecule has 1 aromatic rings. The van der Waals surface area contributed by atoms with E-state index in [0.29, 0.717) is 37.1 Å². The van der Waals surface area contributed by atoms with E-state index >= 15 is 0 Å². The average Bonchev–Trinajstić information content (AvgIpc) is 3.13. The van der Waals surface area contributed by atoms with Crippen LogP contribution in [0.15, 0.2) is 18.2 Å². The number of nitrogens with two attached hydrogens (primary N) is 1. The molecule has 3 rings (SSSR count). The predicted octanol–water partition coefficient (Wildman–Crippen LogP) is 1.79. The van der Waals surface area contributed by atoms with Crippen LogP contribution < -0.4 is 5.73 Å². The van der Waals surface area contributed by atoms with Crippen LogP contribution in [0.3, 0.4) is 0 Å². The van der Waals surface area contributed by atoms with Gasteiger partial charge in [0, 0.05) is 5.56 Å². The summed E-state index contributed by atoms with van der Waals surface area (Å²) >= 11 is 0. The normalized spacial score (nSPS) is 21.2. The highest BCUT2D eigenvalue weighted by molar-refractivity contribution is 5.70. The Bertz CT molecular complexity index is 607. The third kappa shape index (κ3) is 1.91. The summed E-state index contributed by atoms with van der Waals surface area (Å²) in [5.41, 5.74) is 6.21. The highest BCUT2D eigenvalue weighted by Crippen LogP contribution is 2.48. The second kappa shape index (κ2) is 4.46. The van der Waals surface area contributed by atoms with E-state index in [4.69, 9.17) is 15.7 Å². The largest absolute Gasteiger partial charge is 0.447 e. The molecule has 1 aliphatic carbocycles. The van der Waals surface area contributed by atoms with Gasteiger partial charge in [-0.2, -0.15) is 5.26 Å². The van der Waals surface area contributed by atoms with E-state index in [-0.39, 0.29) is 0 Å². The topological polar surface area (TPSA) is 79.3 Å². The summed E-state index contributed by atoms with van der Waals surface area (Å²) < 4.78 is 19.0. The van der Waals surface area contributed by atoms with Crippen LogP contribution in [0.4, 0.5) is 9.18 Å². The number of halogens is 1. The summed E-state index contributed by atoms with van der Waals surface area (Å²) in [5, 5.41) is 9.11. The quantitative estimate of drug-likeness (QED) is 0.912. The number of amides is 1. The fraction of sp³-hybridized carbons (Fsp3) is 0.429. The minimum Gasteiger partial charge on any atom is -0.447 e. The fourth-order valence-electron chi connectivity index (χ4n) is 2.51. The van der Waals surface area contributed by atoms with Crippen molar-refractivity contribution in [1.82, 2.24) is 4.90 Å². The molecule has 0 spiro atoms. The summed E-state index contributed by atoms with van der Waals surface area (Å²) in [5.74, 6) is -0.440. The minimum absolute atomic E-state index is 0.296. The van der Waals surface area contributed by atoms with E-state index < -0.39 is 23.5 Å². The molecule has 1 atom stereocenters. The maximum atomic E-state index is 14.2. The Kier molecular flexibility index (Phi) is 2.87. The number of nitrogens with zero attached hydrogens (tertiary/aromatic N) is 2. The molecule has 2 aliphatic rings. The molecule has 5 nitrogen and oxygen atoms in total. The lowest BCUT2D eigenvalue weighted by molar-refractivity contribution is 0.148. The third-order valence-electron chi connectivity index (χ3n) is 3.94. The van der Waals surface area contributed by atoms with Crippen molar-refractivity contribution in [3.05, 3.63) is 35.1 Å². The summed E-state index contributed by atoms with van der Waals surface area (Å²) in [6, 6.07) is 6.75. The molecule has 0 aromatic heterocycles. The van der Waals surface area contributed by atoms with Gasteiger partial charge in [-0.15, -0.1) is 0 Å². The molecule has 2 N–H and O–H groups in total. The summed E-state index contributed by atoms with van der Waals surface area (Å²) in [7, 11) is 0. The van der Waals surface area contributed by atoms with E-state index in [0.717, 1.165) is 0 Å². The lowest BCUT2D eigenvalue weighted by Gasteiger charge is -2.22. The molecule has 1 saturated carbocycles. The summed E-state index contributed by atoms with van der Waals surface area (Å²) in [6.07, 6.45) is 0.151. The van der Waals surface area contributed by atoms with Crippen LogP contribution in [-0.2, 0) is 10.2 Å². The highest BCUT2D eigenvalue weighted by Gasteiger charge is 2.46. The fourth-order valence-corrected chi connectivity index (χ4v) is 2.51. The van der Waals surface area contributed by atoms with Crippen LogP contribution in [-0.4, -0.2) is 24.1 Å². The molecule has 0 bridgehead atoms. The first-order valence-electron chi connectivity index (χ1n) is 6.47. The Hall–Kier alpha value is -2.13. The molecule has 1 aliphatic heterocycles. The summed E-state index contributed by atoms with van der Waals surface area (Å²) in [6.45, 7) is 0.691. The Labute approximate surface area is 115 Å². The van der Waals surface area contributed by atoms with Gasteiger partial charge in [0.1, 0.15) is 18.6 Å². The monoisotopic (exact) mass is 275 g/mol. The molecular formula is C14H14FN3O2. The molecular weight excluding hydrogens is 261 g/mol. The van der Waals surface area contributed by atoms with E-state index in [9.17, 15) is 9.18 Å². The zero-order valence-electron chi connectivity index (χ0n) is 10.8. The van der Waals surface area contributed by atoms with Gasteiger partial charge in [0.05, 0.1) is 18.0 Å². The van der Waals surface area contributed by atoms with Gasteiger partial charge < -0.3 is 10.5 Å². The number of rotatable bonds is 3. The molecule has 1 heterocycles. The number of carbonyl (C=O) groups is 1. The van der Waals surface area contributed by atoms with Crippen molar-refractivity contribution in [2.45, 2.75) is 24.4 Å². The van der Waals surface area contributed by atoms with Crippen molar-refractivity contribution in [3.63, 3.8) is 0 Å². The van der Waals surface area contributed by atoms with E-state index in [1.165, 1.54) is 11.0 Å². The Morgan fingerprint density at radius 1 is 1.50 bits per heavy atom. The number of hydrogen-bond acceptors (Lipinski definition) is 4. The molecule has 6 heteroatoms. The van der Waals surface area contributed by atoms with Gasteiger partial charge in [-0.1, -0.05) is 12.1 Å². The highest BCUT2D eigenvalue weighted by atomic mass is 19.1. The standard InChI is InChI=1S/C14H14FN3O2/c15-11-7-9(12(17)18-5-6-20-13(18)19)1-2-10(11)14(8-16)3-4-14/h1-2,7,12H,3-6,17H2. The van der Waals surface area contributed by atoms with Gasteiger partial charge in [-0.3, -0.25) is 4.90 Å². The lowest BCUT2D eigenvalue weighted by Crippen LogP contribution is -2.35. The Balaban J connectivity index is 1.87. The zero-order chi connectivity index (χ0) is 14.3. The molecule has 1 amide bonds. The number of cyclic esters (lactones) is 1. The second-order valence-electron chi connectivity index (χ2n) is 5.19. The van der Waals surface area contributed by atoms with Gasteiger partial charge in [-0.25, -0.2) is 9.18 Å². The first-order chi connectivity index (χ1) is 9.57. The Morgan fingerprint density at radius 3 is 2.75 bits per heavy atom. The van der Waals surface area contributed by atoms with Crippen molar-refractivity contribution in [1.29, 1.82) is 5.26 Å². The van der Waals surface area contributed by atoms with Crippen molar-refractivity contribution >= 4 is 6.09 Å². The number of hydrogen-bond donors (Lipinski definition) is 1. The van der Waals surface area contributed by atoms with Crippen LogP contribution in [0.1, 0.15) is 30.1 Å². The first-order valence-corrected chi connectivity index (χ1v) is 6.47. The van der Waals surface area contributed by atoms with Gasteiger partial charge in [0.15, 0.2) is 0 Å². The van der Waals surface area contributed by atoms with Crippen molar-refractivity contribution in [2.75, 3.05) is 13.2 Å². The van der Waals surface area contributed by atoms with Crippen LogP contribution in [0.2, 0.25) is 0 Å². The van der Waals surface area contributed by atoms with Crippen LogP contribution >= 0.6 is 0 Å². The number of benzene rings is 1. The SMILES string of the molecule is N#CC1(c2ccc(C(N)N3CCOC3=O)cc2F)CC1. The molecule has 2 fully saturated rings. The predicted molar refractivity (Wildman–Crippen MR) is 67.9 cm³/mol. The summed E-state index contributed by atoms with van der Waals surface area (Å²) in [4.78, 5) is 12.8. The molecule has 20 heavy (non-hydrogen) atoms. The van der Waals surface area contributed by atoms with Gasteiger partial charge in [0.25, 0.3) is 0 Å². The first kappa shape index (κ1) is 12.9. The van der Waals surface area contributed by atoms with Crippen molar-refractivity contribution in [3.8, 4) is 6.07 Å². The van der Waals surface area contributed by atoms with Gasteiger partial charge in [-0.05, 0) is 24.5 Å². The lowest BCUT2D eigenvalue weighted by atomic mass is 9.95. The molecule has 104 valence electrons. The minimum atomic E-state index is -0.731. The molecule has 1 saturated heterocycles. The maximum absolute atomic E-state index is 14.2. The number of nitriles is 1.